The number of hydrogen-bond acceptors (Lipinski definition) is 3. The van der Waals surface area contributed by atoms with Crippen LogP contribution >= 0.6 is 0 Å². The number of carbonyl (C=O) groups is 1. The van der Waals surface area contributed by atoms with Crippen molar-refractivity contribution >= 4 is 5.78 Å². The lowest BCUT2D eigenvalue weighted by Crippen LogP contribution is -2.04. The first-order valence-corrected chi connectivity index (χ1v) is 4.92. The minimum absolute atomic E-state index is 0.169. The van der Waals surface area contributed by atoms with Crippen LogP contribution in [0.4, 0.5) is 0 Å². The molecule has 0 spiro atoms. The van der Waals surface area contributed by atoms with E-state index in [4.69, 9.17) is 9.47 Å². The number of ether oxygens (including phenoxy) is 2. The summed E-state index contributed by atoms with van der Waals surface area (Å²) >= 11 is 0. The van der Waals surface area contributed by atoms with Gasteiger partial charge in [0.05, 0.1) is 6.61 Å². The standard InChI is InChI=1S/C12H16O3/c1-10(13)9-11-3-5-12(6-4-11)15-8-7-14-2/h3-6H,7-9H2,1-2H3. The first kappa shape index (κ1) is 11.7. The summed E-state index contributed by atoms with van der Waals surface area (Å²) in [5.74, 6) is 0.974. The maximum absolute atomic E-state index is 10.9. The molecule has 0 atom stereocenters. The van der Waals surface area contributed by atoms with Crippen LogP contribution in [0.2, 0.25) is 0 Å². The molecule has 15 heavy (non-hydrogen) atoms. The SMILES string of the molecule is COCCOc1ccc(CC(C)=O)cc1. The molecule has 0 aliphatic carbocycles. The summed E-state index contributed by atoms with van der Waals surface area (Å²) in [5, 5.41) is 0. The molecular formula is C12H16O3. The molecule has 0 bridgehead atoms. The van der Waals surface area contributed by atoms with Crippen molar-refractivity contribution < 1.29 is 14.3 Å². The predicted molar refractivity (Wildman–Crippen MR) is 58.2 cm³/mol. The fraction of sp³-hybridized carbons (Fsp3) is 0.417. The summed E-state index contributed by atoms with van der Waals surface area (Å²) in [6.45, 7) is 2.71. The highest BCUT2D eigenvalue weighted by Crippen LogP contribution is 2.12. The largest absolute Gasteiger partial charge is 0.491 e. The van der Waals surface area contributed by atoms with Crippen molar-refractivity contribution in [3.05, 3.63) is 29.8 Å². The van der Waals surface area contributed by atoms with E-state index >= 15 is 0 Å². The molecule has 1 aromatic rings. The third-order valence-electron chi connectivity index (χ3n) is 1.93. The molecular weight excluding hydrogens is 192 g/mol. The molecule has 0 fully saturated rings. The molecule has 0 N–H and O–H groups in total. The Morgan fingerprint density at radius 3 is 2.40 bits per heavy atom. The van der Waals surface area contributed by atoms with Gasteiger partial charge in [-0.1, -0.05) is 12.1 Å². The van der Waals surface area contributed by atoms with Gasteiger partial charge in [-0.3, -0.25) is 4.79 Å². The zero-order valence-electron chi connectivity index (χ0n) is 9.16. The van der Waals surface area contributed by atoms with Gasteiger partial charge in [0.2, 0.25) is 0 Å². The van der Waals surface area contributed by atoms with E-state index in [1.807, 2.05) is 24.3 Å². The molecule has 0 heterocycles. The lowest BCUT2D eigenvalue weighted by atomic mass is 10.1. The molecule has 0 amide bonds. The van der Waals surface area contributed by atoms with E-state index in [9.17, 15) is 4.79 Å². The average molecular weight is 208 g/mol. The zero-order chi connectivity index (χ0) is 11.1. The monoisotopic (exact) mass is 208 g/mol. The molecule has 0 aromatic heterocycles. The molecule has 0 unspecified atom stereocenters. The molecule has 1 rings (SSSR count). The number of benzene rings is 1. The van der Waals surface area contributed by atoms with E-state index in [-0.39, 0.29) is 5.78 Å². The highest BCUT2D eigenvalue weighted by atomic mass is 16.5. The molecule has 0 saturated carbocycles. The van der Waals surface area contributed by atoms with Crippen molar-refractivity contribution in [2.75, 3.05) is 20.3 Å². The van der Waals surface area contributed by atoms with Crippen molar-refractivity contribution in [3.8, 4) is 5.75 Å². The Labute approximate surface area is 90.0 Å². The van der Waals surface area contributed by atoms with Gasteiger partial charge in [0, 0.05) is 13.5 Å². The maximum Gasteiger partial charge on any atom is 0.134 e. The predicted octanol–water partition coefficient (Wildman–Crippen LogP) is 1.84. The first-order valence-electron chi connectivity index (χ1n) is 4.92. The minimum atomic E-state index is 0.169. The Bertz CT molecular complexity index is 303. The summed E-state index contributed by atoms with van der Waals surface area (Å²) in [6, 6.07) is 7.55. The first-order chi connectivity index (χ1) is 7.22. The van der Waals surface area contributed by atoms with Crippen molar-refractivity contribution in [2.45, 2.75) is 13.3 Å². The van der Waals surface area contributed by atoms with Crippen LogP contribution in [-0.2, 0) is 16.0 Å². The zero-order valence-corrected chi connectivity index (χ0v) is 9.16. The van der Waals surface area contributed by atoms with E-state index in [1.165, 1.54) is 0 Å². The van der Waals surface area contributed by atoms with Gasteiger partial charge in [0.25, 0.3) is 0 Å². The molecule has 0 radical (unpaired) electrons. The topological polar surface area (TPSA) is 35.5 Å². The Morgan fingerprint density at radius 2 is 1.87 bits per heavy atom. The van der Waals surface area contributed by atoms with Crippen LogP contribution in [0.25, 0.3) is 0 Å². The summed E-state index contributed by atoms with van der Waals surface area (Å²) in [7, 11) is 1.64. The third kappa shape index (κ3) is 4.61. The number of ketones is 1. The number of hydrogen-bond donors (Lipinski definition) is 0. The lowest BCUT2D eigenvalue weighted by Gasteiger charge is -2.05. The Balaban J connectivity index is 2.45. The van der Waals surface area contributed by atoms with E-state index in [1.54, 1.807) is 14.0 Å². The molecule has 1 aromatic carbocycles. The van der Waals surface area contributed by atoms with Crippen LogP contribution in [-0.4, -0.2) is 26.1 Å². The van der Waals surface area contributed by atoms with E-state index in [0.717, 1.165) is 11.3 Å². The highest BCUT2D eigenvalue weighted by Gasteiger charge is 1.98. The fourth-order valence-electron chi connectivity index (χ4n) is 1.23. The molecule has 3 nitrogen and oxygen atoms in total. The summed E-state index contributed by atoms with van der Waals surface area (Å²) < 4.78 is 10.3. The van der Waals surface area contributed by atoms with Gasteiger partial charge in [-0.05, 0) is 24.6 Å². The second kappa shape index (κ2) is 6.19. The summed E-state index contributed by atoms with van der Waals surface area (Å²) in [4.78, 5) is 10.9. The minimum Gasteiger partial charge on any atom is -0.491 e. The van der Waals surface area contributed by atoms with Gasteiger partial charge >= 0.3 is 0 Å². The second-order valence-corrected chi connectivity index (χ2v) is 3.36. The van der Waals surface area contributed by atoms with Gasteiger partial charge in [0.15, 0.2) is 0 Å². The van der Waals surface area contributed by atoms with E-state index in [0.29, 0.717) is 19.6 Å². The number of carbonyl (C=O) groups excluding carboxylic acids is 1. The van der Waals surface area contributed by atoms with Crippen LogP contribution in [0.3, 0.4) is 0 Å². The molecule has 0 aliphatic rings. The van der Waals surface area contributed by atoms with E-state index in [2.05, 4.69) is 0 Å². The maximum atomic E-state index is 10.9. The van der Waals surface area contributed by atoms with Crippen LogP contribution < -0.4 is 4.74 Å². The summed E-state index contributed by atoms with van der Waals surface area (Å²) in [6.07, 6.45) is 0.484. The van der Waals surface area contributed by atoms with Gasteiger partial charge < -0.3 is 9.47 Å². The normalized spacial score (nSPS) is 10.0. The summed E-state index contributed by atoms with van der Waals surface area (Å²) in [5.41, 5.74) is 1.02. The van der Waals surface area contributed by atoms with Gasteiger partial charge in [-0.15, -0.1) is 0 Å². The molecule has 3 heteroatoms. The highest BCUT2D eigenvalue weighted by molar-refractivity contribution is 5.78. The fourth-order valence-corrected chi connectivity index (χ4v) is 1.23. The van der Waals surface area contributed by atoms with E-state index < -0.39 is 0 Å². The van der Waals surface area contributed by atoms with Crippen molar-refractivity contribution in [1.29, 1.82) is 0 Å². The smallest absolute Gasteiger partial charge is 0.134 e. The quantitative estimate of drug-likeness (QED) is 0.669. The average Bonchev–Trinajstić information content (AvgIpc) is 2.20. The number of methoxy groups -OCH3 is 1. The number of Topliss-reactive ketones (excluding diaryl/α,β-unsaturated/α-hetero) is 1. The van der Waals surface area contributed by atoms with Crippen LogP contribution in [0.5, 0.6) is 5.75 Å². The number of rotatable bonds is 6. The lowest BCUT2D eigenvalue weighted by molar-refractivity contribution is -0.116. The van der Waals surface area contributed by atoms with Gasteiger partial charge in [-0.2, -0.15) is 0 Å². The van der Waals surface area contributed by atoms with Crippen LogP contribution in [0, 0.1) is 0 Å². The Morgan fingerprint density at radius 1 is 1.20 bits per heavy atom. The third-order valence-corrected chi connectivity index (χ3v) is 1.93. The second-order valence-electron chi connectivity index (χ2n) is 3.36. The molecule has 82 valence electrons. The Kier molecular flexibility index (Phi) is 4.84. The van der Waals surface area contributed by atoms with Crippen molar-refractivity contribution in [1.82, 2.24) is 0 Å². The van der Waals surface area contributed by atoms with Gasteiger partial charge in [-0.25, -0.2) is 0 Å². The molecule has 0 aliphatic heterocycles. The van der Waals surface area contributed by atoms with Crippen molar-refractivity contribution in [2.24, 2.45) is 0 Å². The van der Waals surface area contributed by atoms with Crippen molar-refractivity contribution in [3.63, 3.8) is 0 Å². The Hall–Kier alpha value is -1.35. The van der Waals surface area contributed by atoms with Crippen LogP contribution in [0.1, 0.15) is 12.5 Å². The molecule has 0 saturated heterocycles. The van der Waals surface area contributed by atoms with Gasteiger partial charge in [0.1, 0.15) is 18.1 Å². The van der Waals surface area contributed by atoms with Crippen LogP contribution in [0.15, 0.2) is 24.3 Å².